The number of rotatable bonds is 6. The Morgan fingerprint density at radius 1 is 1.21 bits per heavy atom. The monoisotopic (exact) mass is 511 g/mol. The second-order valence-electron chi connectivity index (χ2n) is 9.88. The van der Waals surface area contributed by atoms with Gasteiger partial charge >= 0.3 is 5.69 Å². The fourth-order valence-corrected chi connectivity index (χ4v) is 5.66. The van der Waals surface area contributed by atoms with Gasteiger partial charge in [-0.1, -0.05) is 0 Å². The van der Waals surface area contributed by atoms with Gasteiger partial charge in [-0.3, -0.25) is 14.2 Å². The molecule has 4 aromatic rings. The fourth-order valence-electron chi connectivity index (χ4n) is 5.66. The van der Waals surface area contributed by atoms with E-state index in [0.29, 0.717) is 17.4 Å². The number of hydrogen-bond acceptors (Lipinski definition) is 10. The topological polar surface area (TPSA) is 170 Å². The van der Waals surface area contributed by atoms with E-state index in [-0.39, 0.29) is 17.0 Å². The largest absolute Gasteiger partial charge is 0.337 e. The van der Waals surface area contributed by atoms with E-state index in [0.717, 1.165) is 34.8 Å². The number of aromatic nitrogens is 8. The first kappa shape index (κ1) is 22.3. The Morgan fingerprint density at radius 3 is 2.66 bits per heavy atom. The summed E-state index contributed by atoms with van der Waals surface area (Å²) in [5.74, 6) is 3.43. The summed E-state index contributed by atoms with van der Waals surface area (Å²) in [5.41, 5.74) is -0.564. The zero-order valence-electron chi connectivity index (χ0n) is 20.4. The molecule has 8 rings (SSSR count). The molecule has 1 amide bonds. The summed E-state index contributed by atoms with van der Waals surface area (Å²) in [4.78, 5) is 62.7. The van der Waals surface area contributed by atoms with Gasteiger partial charge < -0.3 is 14.8 Å². The molecule has 2 aliphatic carbocycles. The van der Waals surface area contributed by atoms with Crippen molar-refractivity contribution in [2.75, 3.05) is 16.8 Å². The van der Waals surface area contributed by atoms with Gasteiger partial charge in [0.2, 0.25) is 11.9 Å². The van der Waals surface area contributed by atoms with Crippen LogP contribution in [-0.4, -0.2) is 57.1 Å². The predicted molar refractivity (Wildman–Crippen MR) is 133 cm³/mol. The minimum Gasteiger partial charge on any atom is -0.337 e. The van der Waals surface area contributed by atoms with Gasteiger partial charge in [0.05, 0.1) is 18.0 Å². The molecule has 4 aromatic heterocycles. The predicted octanol–water partition coefficient (Wildman–Crippen LogP) is -0.0686. The van der Waals surface area contributed by atoms with Crippen LogP contribution in [0.3, 0.4) is 0 Å². The SMILES string of the molecule is C[C@@H](C(=O)Nc1ccnc(-c2cnc(N3CC4C5C4C53)nc2)n1)n1cnc2c1c(=O)n(CC#N)c(=O)n2C. The van der Waals surface area contributed by atoms with Crippen molar-refractivity contribution >= 4 is 28.8 Å². The Labute approximate surface area is 214 Å². The number of carbonyl (C=O) groups is 1. The third-order valence-corrected chi connectivity index (χ3v) is 7.85. The smallest absolute Gasteiger partial charge is 0.333 e. The van der Waals surface area contributed by atoms with E-state index < -0.39 is 29.7 Å². The second-order valence-corrected chi connectivity index (χ2v) is 9.88. The summed E-state index contributed by atoms with van der Waals surface area (Å²) >= 11 is 0. The van der Waals surface area contributed by atoms with Gasteiger partial charge in [-0.05, 0) is 30.7 Å². The lowest BCUT2D eigenvalue weighted by Gasteiger charge is -2.16. The first-order chi connectivity index (χ1) is 18.4. The van der Waals surface area contributed by atoms with Crippen molar-refractivity contribution in [2.24, 2.45) is 24.8 Å². The summed E-state index contributed by atoms with van der Waals surface area (Å²) in [7, 11) is 1.45. The van der Waals surface area contributed by atoms with Gasteiger partial charge in [0.25, 0.3) is 5.56 Å². The maximum absolute atomic E-state index is 13.1. The summed E-state index contributed by atoms with van der Waals surface area (Å²) < 4.78 is 3.36. The van der Waals surface area contributed by atoms with Crippen LogP contribution in [0.5, 0.6) is 0 Å². The molecule has 14 heteroatoms. The first-order valence-electron chi connectivity index (χ1n) is 12.2. The molecule has 2 saturated heterocycles. The maximum atomic E-state index is 13.1. The van der Waals surface area contributed by atoms with Crippen molar-refractivity contribution in [2.45, 2.75) is 25.6 Å². The van der Waals surface area contributed by atoms with E-state index in [9.17, 15) is 14.4 Å². The highest BCUT2D eigenvalue weighted by atomic mass is 16.2. The molecule has 0 radical (unpaired) electrons. The molecule has 190 valence electrons. The summed E-state index contributed by atoms with van der Waals surface area (Å²) in [6.45, 7) is 2.21. The number of imidazole rings is 1. The van der Waals surface area contributed by atoms with Gasteiger partial charge in [0.15, 0.2) is 17.0 Å². The number of amides is 1. The van der Waals surface area contributed by atoms with Crippen molar-refractivity contribution in [3.8, 4) is 17.5 Å². The lowest BCUT2D eigenvalue weighted by Crippen LogP contribution is -2.40. The number of nitrogens with zero attached hydrogens (tertiary/aromatic N) is 10. The summed E-state index contributed by atoms with van der Waals surface area (Å²) in [5, 5.41) is 11.8. The molecular formula is C24H21N11O3. The standard InChI is InChI=1S/C24H21N11O3/c1-11(35-10-29-20-18(35)22(37)33(6-4-25)24(38)32(20)2)21(36)31-14-3-5-26-19(30-14)12-7-27-23(28-8-12)34-9-13-15-16(13)17(15)34/h3,5,7-8,10-11,13,15-17H,6,9H2,1-2H3,(H,26,30,31,36)/t11-,13?,15?,16?,17?/m0/s1. The zero-order chi connectivity index (χ0) is 26.3. The molecule has 2 saturated carbocycles. The van der Waals surface area contributed by atoms with E-state index in [2.05, 4.69) is 35.1 Å². The van der Waals surface area contributed by atoms with Crippen LogP contribution in [0.2, 0.25) is 0 Å². The fraction of sp³-hybridized carbons (Fsp3) is 0.375. The average Bonchev–Trinajstić information content (AvgIpc) is 3.61. The third-order valence-electron chi connectivity index (χ3n) is 7.85. The minimum absolute atomic E-state index is 0.0442. The van der Waals surface area contributed by atoms with Gasteiger partial charge in [-0.25, -0.2) is 34.3 Å². The first-order valence-corrected chi connectivity index (χ1v) is 12.2. The van der Waals surface area contributed by atoms with Crippen LogP contribution in [0.4, 0.5) is 11.8 Å². The van der Waals surface area contributed by atoms with Gasteiger partial charge in [-0.15, -0.1) is 0 Å². The summed E-state index contributed by atoms with van der Waals surface area (Å²) in [6, 6.07) is 3.11. The lowest BCUT2D eigenvalue weighted by atomic mass is 10.2. The molecule has 2 unspecified atom stereocenters. The van der Waals surface area contributed by atoms with Crippen LogP contribution >= 0.6 is 0 Å². The third kappa shape index (κ3) is 3.11. The molecule has 0 spiro atoms. The van der Waals surface area contributed by atoms with Crippen LogP contribution in [0.15, 0.2) is 40.6 Å². The Balaban J connectivity index is 1.12. The molecule has 1 N–H and O–H groups in total. The van der Waals surface area contributed by atoms with E-state index in [1.54, 1.807) is 25.4 Å². The molecular weight excluding hydrogens is 490 g/mol. The number of anilines is 2. The maximum Gasteiger partial charge on any atom is 0.333 e. The molecule has 6 heterocycles. The number of hydrogen-bond donors (Lipinski definition) is 1. The van der Waals surface area contributed by atoms with E-state index in [1.807, 2.05) is 6.07 Å². The van der Waals surface area contributed by atoms with Crippen LogP contribution in [0.25, 0.3) is 22.6 Å². The van der Waals surface area contributed by atoms with E-state index in [4.69, 9.17) is 5.26 Å². The lowest BCUT2D eigenvalue weighted by molar-refractivity contribution is -0.118. The summed E-state index contributed by atoms with van der Waals surface area (Å²) in [6.07, 6.45) is 6.22. The number of fused-ring (bicyclic) bond motifs is 2. The number of aryl methyl sites for hydroxylation is 1. The van der Waals surface area contributed by atoms with Crippen molar-refractivity contribution < 1.29 is 4.79 Å². The molecule has 38 heavy (non-hydrogen) atoms. The van der Waals surface area contributed by atoms with E-state index >= 15 is 0 Å². The zero-order valence-corrected chi connectivity index (χ0v) is 20.4. The number of carbonyl (C=O) groups excluding carboxylic acids is 1. The van der Waals surface area contributed by atoms with Gasteiger partial charge in [0.1, 0.15) is 18.4 Å². The van der Waals surface area contributed by atoms with Gasteiger partial charge in [0, 0.05) is 38.2 Å². The van der Waals surface area contributed by atoms with Gasteiger partial charge in [-0.2, -0.15) is 5.26 Å². The molecule has 2 aliphatic heterocycles. The number of piperidine rings is 1. The van der Waals surface area contributed by atoms with Crippen molar-refractivity contribution in [1.29, 1.82) is 5.26 Å². The molecule has 14 nitrogen and oxygen atoms in total. The Morgan fingerprint density at radius 2 is 1.97 bits per heavy atom. The van der Waals surface area contributed by atoms with Crippen LogP contribution in [0.1, 0.15) is 13.0 Å². The highest BCUT2D eigenvalue weighted by Gasteiger charge is 2.81. The number of nitriles is 1. The Hall–Kier alpha value is -4.93. The second kappa shape index (κ2) is 7.78. The van der Waals surface area contributed by atoms with Crippen molar-refractivity contribution in [3.63, 3.8) is 0 Å². The molecule has 2 bridgehead atoms. The molecule has 3 atom stereocenters. The van der Waals surface area contributed by atoms with Crippen molar-refractivity contribution in [1.82, 2.24) is 38.6 Å². The van der Waals surface area contributed by atoms with E-state index in [1.165, 1.54) is 28.7 Å². The highest BCUT2D eigenvalue weighted by Crippen LogP contribution is 2.75. The van der Waals surface area contributed by atoms with Crippen LogP contribution < -0.4 is 21.5 Å². The quantitative estimate of drug-likeness (QED) is 0.370. The van der Waals surface area contributed by atoms with Crippen LogP contribution in [-0.2, 0) is 18.4 Å². The molecule has 0 aromatic carbocycles. The molecule has 4 fully saturated rings. The highest BCUT2D eigenvalue weighted by molar-refractivity contribution is 5.93. The Bertz CT molecular complexity index is 1780. The normalized spacial score (nSPS) is 23.1. The van der Waals surface area contributed by atoms with Crippen molar-refractivity contribution in [3.05, 3.63) is 51.8 Å². The number of nitrogens with one attached hydrogen (secondary N) is 1. The minimum atomic E-state index is -0.879. The Kier molecular flexibility index (Phi) is 4.56. The van der Waals surface area contributed by atoms with Crippen LogP contribution in [0, 0.1) is 29.1 Å². The molecule has 4 aliphatic rings. The average molecular weight is 512 g/mol.